The summed E-state index contributed by atoms with van der Waals surface area (Å²) in [5, 5.41) is 7.15. The fourth-order valence-corrected chi connectivity index (χ4v) is 3.78. The largest absolute Gasteiger partial charge is 0.323 e. The highest BCUT2D eigenvalue weighted by Crippen LogP contribution is 2.21. The predicted molar refractivity (Wildman–Crippen MR) is 95.4 cm³/mol. The molecule has 2 aliphatic rings. The smallest absolute Gasteiger partial charge is 0.321 e. The SMILES string of the molecule is O=C(Nc1cccc(Cn2cncn2)c1)N1CC[C@H](N2CCCC2)C1. The van der Waals surface area contributed by atoms with Crippen LogP contribution in [-0.4, -0.2) is 62.8 Å². The maximum atomic E-state index is 12.6. The van der Waals surface area contributed by atoms with Crippen molar-refractivity contribution in [2.24, 2.45) is 0 Å². The Morgan fingerprint density at radius 1 is 1.24 bits per heavy atom. The molecule has 4 rings (SSSR count). The lowest BCUT2D eigenvalue weighted by molar-refractivity contribution is 0.210. The molecule has 132 valence electrons. The third-order valence-electron chi connectivity index (χ3n) is 5.10. The Hall–Kier alpha value is -2.41. The van der Waals surface area contributed by atoms with Crippen LogP contribution < -0.4 is 5.32 Å². The molecule has 3 heterocycles. The summed E-state index contributed by atoms with van der Waals surface area (Å²) in [4.78, 5) is 21.0. The molecule has 1 atom stereocenters. The molecule has 2 amide bonds. The summed E-state index contributed by atoms with van der Waals surface area (Å²) in [7, 11) is 0. The normalized spacial score (nSPS) is 21.0. The van der Waals surface area contributed by atoms with Crippen LogP contribution >= 0.6 is 0 Å². The number of likely N-dealkylation sites (tertiary alicyclic amines) is 2. The molecule has 7 heteroatoms. The van der Waals surface area contributed by atoms with Gasteiger partial charge in [-0.05, 0) is 50.0 Å². The van der Waals surface area contributed by atoms with Gasteiger partial charge in [-0.2, -0.15) is 5.10 Å². The van der Waals surface area contributed by atoms with E-state index in [1.165, 1.54) is 32.3 Å². The Labute approximate surface area is 147 Å². The van der Waals surface area contributed by atoms with Gasteiger partial charge in [-0.3, -0.25) is 4.90 Å². The van der Waals surface area contributed by atoms with E-state index in [-0.39, 0.29) is 6.03 Å². The summed E-state index contributed by atoms with van der Waals surface area (Å²) in [6.45, 7) is 4.69. The molecule has 1 aromatic heterocycles. The monoisotopic (exact) mass is 340 g/mol. The quantitative estimate of drug-likeness (QED) is 0.925. The Morgan fingerprint density at radius 2 is 2.12 bits per heavy atom. The molecule has 25 heavy (non-hydrogen) atoms. The van der Waals surface area contributed by atoms with Gasteiger partial charge in [0.15, 0.2) is 0 Å². The number of hydrogen-bond donors (Lipinski definition) is 1. The lowest BCUT2D eigenvalue weighted by atomic mass is 10.2. The number of urea groups is 1. The van der Waals surface area contributed by atoms with Crippen molar-refractivity contribution in [2.45, 2.75) is 31.8 Å². The first-order chi connectivity index (χ1) is 12.3. The summed E-state index contributed by atoms with van der Waals surface area (Å²) in [5.74, 6) is 0. The zero-order valence-corrected chi connectivity index (χ0v) is 14.3. The Morgan fingerprint density at radius 3 is 2.92 bits per heavy atom. The van der Waals surface area contributed by atoms with E-state index in [1.807, 2.05) is 29.2 Å². The number of rotatable bonds is 4. The summed E-state index contributed by atoms with van der Waals surface area (Å²) >= 11 is 0. The fourth-order valence-electron chi connectivity index (χ4n) is 3.78. The second-order valence-electron chi connectivity index (χ2n) is 6.86. The fraction of sp³-hybridized carbons (Fsp3) is 0.500. The van der Waals surface area contributed by atoms with Crippen LogP contribution in [0.25, 0.3) is 0 Å². The lowest BCUT2D eigenvalue weighted by Gasteiger charge is -2.23. The molecule has 2 aromatic rings. The van der Waals surface area contributed by atoms with Gasteiger partial charge in [0.1, 0.15) is 12.7 Å². The van der Waals surface area contributed by atoms with Crippen molar-refractivity contribution in [2.75, 3.05) is 31.5 Å². The summed E-state index contributed by atoms with van der Waals surface area (Å²) in [6, 6.07) is 8.44. The maximum absolute atomic E-state index is 12.6. The maximum Gasteiger partial charge on any atom is 0.321 e. The molecule has 2 saturated heterocycles. The van der Waals surface area contributed by atoms with Crippen molar-refractivity contribution in [1.29, 1.82) is 0 Å². The molecule has 0 radical (unpaired) electrons. The first kappa shape index (κ1) is 16.1. The van der Waals surface area contributed by atoms with Gasteiger partial charge in [0, 0.05) is 24.8 Å². The van der Waals surface area contributed by atoms with Crippen molar-refractivity contribution in [1.82, 2.24) is 24.6 Å². The van der Waals surface area contributed by atoms with E-state index in [0.29, 0.717) is 12.6 Å². The highest BCUT2D eigenvalue weighted by atomic mass is 16.2. The number of hydrogen-bond acceptors (Lipinski definition) is 4. The summed E-state index contributed by atoms with van der Waals surface area (Å²) in [6.07, 6.45) is 6.88. The van der Waals surface area contributed by atoms with Crippen LogP contribution in [-0.2, 0) is 6.54 Å². The minimum atomic E-state index is -0.000368. The molecular weight excluding hydrogens is 316 g/mol. The standard InChI is InChI=1S/C18H24N6O/c25-18(23-9-6-17(12-23)22-7-1-2-8-22)21-16-5-3-4-15(10-16)11-24-14-19-13-20-24/h3-5,10,13-14,17H,1-2,6-9,11-12H2,(H,21,25)/t17-/m0/s1. The number of carbonyl (C=O) groups is 1. The molecule has 0 unspecified atom stereocenters. The first-order valence-corrected chi connectivity index (χ1v) is 8.99. The lowest BCUT2D eigenvalue weighted by Crippen LogP contribution is -2.38. The number of nitrogens with zero attached hydrogens (tertiary/aromatic N) is 5. The van der Waals surface area contributed by atoms with E-state index in [1.54, 1.807) is 11.0 Å². The average Bonchev–Trinajstić information content (AvgIpc) is 3.37. The molecular formula is C18H24N6O. The minimum absolute atomic E-state index is 0.000368. The van der Waals surface area contributed by atoms with Gasteiger partial charge in [0.2, 0.25) is 0 Å². The average molecular weight is 340 g/mol. The van der Waals surface area contributed by atoms with Gasteiger partial charge < -0.3 is 10.2 Å². The van der Waals surface area contributed by atoms with Crippen LogP contribution in [0.2, 0.25) is 0 Å². The Balaban J connectivity index is 1.34. The van der Waals surface area contributed by atoms with Gasteiger partial charge >= 0.3 is 6.03 Å². The van der Waals surface area contributed by atoms with Gasteiger partial charge in [-0.1, -0.05) is 12.1 Å². The van der Waals surface area contributed by atoms with E-state index in [4.69, 9.17) is 0 Å². The van der Waals surface area contributed by atoms with E-state index >= 15 is 0 Å². The second kappa shape index (κ2) is 7.23. The molecule has 0 saturated carbocycles. The third-order valence-corrected chi connectivity index (χ3v) is 5.10. The molecule has 7 nitrogen and oxygen atoms in total. The van der Waals surface area contributed by atoms with Crippen molar-refractivity contribution >= 4 is 11.7 Å². The third kappa shape index (κ3) is 3.82. The van der Waals surface area contributed by atoms with Gasteiger partial charge in [0.25, 0.3) is 0 Å². The van der Waals surface area contributed by atoms with Crippen LogP contribution in [0.15, 0.2) is 36.9 Å². The molecule has 0 bridgehead atoms. The van der Waals surface area contributed by atoms with Crippen molar-refractivity contribution in [3.05, 3.63) is 42.5 Å². The van der Waals surface area contributed by atoms with Crippen LogP contribution in [0.4, 0.5) is 10.5 Å². The van der Waals surface area contributed by atoms with E-state index in [0.717, 1.165) is 30.8 Å². The number of nitrogens with one attached hydrogen (secondary N) is 1. The van der Waals surface area contributed by atoms with Crippen LogP contribution in [0.3, 0.4) is 0 Å². The Bertz CT molecular complexity index is 710. The van der Waals surface area contributed by atoms with Gasteiger partial charge in [-0.25, -0.2) is 14.5 Å². The molecule has 2 fully saturated rings. The molecule has 0 aliphatic carbocycles. The number of benzene rings is 1. The minimum Gasteiger partial charge on any atom is -0.323 e. The van der Waals surface area contributed by atoms with Crippen molar-refractivity contribution < 1.29 is 4.79 Å². The topological polar surface area (TPSA) is 66.3 Å². The van der Waals surface area contributed by atoms with Crippen LogP contribution in [0.5, 0.6) is 0 Å². The van der Waals surface area contributed by atoms with E-state index in [9.17, 15) is 4.79 Å². The number of aromatic nitrogens is 3. The second-order valence-corrected chi connectivity index (χ2v) is 6.86. The highest BCUT2D eigenvalue weighted by Gasteiger charge is 2.31. The molecule has 1 N–H and O–H groups in total. The van der Waals surface area contributed by atoms with Gasteiger partial charge in [-0.15, -0.1) is 0 Å². The van der Waals surface area contributed by atoms with Crippen molar-refractivity contribution in [3.8, 4) is 0 Å². The first-order valence-electron chi connectivity index (χ1n) is 8.99. The van der Waals surface area contributed by atoms with Crippen molar-refractivity contribution in [3.63, 3.8) is 0 Å². The highest BCUT2D eigenvalue weighted by molar-refractivity contribution is 5.89. The van der Waals surface area contributed by atoms with E-state index < -0.39 is 0 Å². The number of anilines is 1. The number of carbonyl (C=O) groups excluding carboxylic acids is 1. The van der Waals surface area contributed by atoms with Crippen LogP contribution in [0.1, 0.15) is 24.8 Å². The number of amides is 2. The predicted octanol–water partition coefficient (Wildman–Crippen LogP) is 2.03. The zero-order valence-electron chi connectivity index (χ0n) is 14.3. The summed E-state index contributed by atoms with van der Waals surface area (Å²) < 4.78 is 1.77. The molecule has 2 aliphatic heterocycles. The van der Waals surface area contributed by atoms with Gasteiger partial charge in [0.05, 0.1) is 6.54 Å². The zero-order chi connectivity index (χ0) is 17.1. The van der Waals surface area contributed by atoms with E-state index in [2.05, 4.69) is 20.3 Å². The molecule has 0 spiro atoms. The Kier molecular flexibility index (Phi) is 4.65. The summed E-state index contributed by atoms with van der Waals surface area (Å²) in [5.41, 5.74) is 1.91. The molecule has 1 aromatic carbocycles. The van der Waals surface area contributed by atoms with Crippen LogP contribution in [0, 0.1) is 0 Å².